The van der Waals surface area contributed by atoms with Crippen LogP contribution in [0.25, 0.3) is 0 Å². The monoisotopic (exact) mass is 146 g/mol. The number of rotatable bonds is 5. The standard InChI is InChI=1S/C5H14N4O/c6-1-2-8-3-4-9-5(7)10/h8H,1-4,6H2,(H3,7,9,10). The number of amides is 2. The average Bonchev–Trinajstić information content (AvgIpc) is 1.87. The molecular weight excluding hydrogens is 132 g/mol. The van der Waals surface area contributed by atoms with E-state index in [9.17, 15) is 4.79 Å². The van der Waals surface area contributed by atoms with Gasteiger partial charge < -0.3 is 22.1 Å². The molecule has 60 valence electrons. The van der Waals surface area contributed by atoms with Gasteiger partial charge in [0.15, 0.2) is 0 Å². The number of hydrogen-bond donors (Lipinski definition) is 4. The van der Waals surface area contributed by atoms with Crippen LogP contribution in [0.4, 0.5) is 4.79 Å². The van der Waals surface area contributed by atoms with Crippen LogP contribution in [0, 0.1) is 0 Å². The molecule has 0 aromatic heterocycles. The van der Waals surface area contributed by atoms with Gasteiger partial charge in [-0.2, -0.15) is 0 Å². The van der Waals surface area contributed by atoms with Crippen LogP contribution in [-0.4, -0.2) is 32.2 Å². The summed E-state index contributed by atoms with van der Waals surface area (Å²) in [6, 6.07) is -0.491. The number of hydrogen-bond acceptors (Lipinski definition) is 3. The third-order valence-corrected chi connectivity index (χ3v) is 0.922. The Morgan fingerprint density at radius 3 is 2.50 bits per heavy atom. The number of carbonyl (C=O) groups is 1. The normalized spacial score (nSPS) is 9.30. The molecule has 0 unspecified atom stereocenters. The maximum atomic E-state index is 10.1. The molecule has 0 fully saturated rings. The van der Waals surface area contributed by atoms with E-state index in [4.69, 9.17) is 11.5 Å². The van der Waals surface area contributed by atoms with E-state index in [1.807, 2.05) is 0 Å². The fourth-order valence-electron chi connectivity index (χ4n) is 0.501. The predicted molar refractivity (Wildman–Crippen MR) is 39.5 cm³/mol. The van der Waals surface area contributed by atoms with Gasteiger partial charge in [-0.25, -0.2) is 4.79 Å². The summed E-state index contributed by atoms with van der Waals surface area (Å²) in [4.78, 5) is 10.1. The van der Waals surface area contributed by atoms with Crippen LogP contribution in [0.2, 0.25) is 0 Å². The van der Waals surface area contributed by atoms with Gasteiger partial charge >= 0.3 is 6.03 Å². The molecule has 0 aromatic rings. The minimum Gasteiger partial charge on any atom is -0.352 e. The molecule has 0 saturated carbocycles. The van der Waals surface area contributed by atoms with Crippen LogP contribution in [0.1, 0.15) is 0 Å². The van der Waals surface area contributed by atoms with E-state index < -0.39 is 6.03 Å². The van der Waals surface area contributed by atoms with Gasteiger partial charge in [0.1, 0.15) is 0 Å². The first-order valence-electron chi connectivity index (χ1n) is 3.21. The number of urea groups is 1. The molecule has 0 aliphatic rings. The number of primary amides is 1. The van der Waals surface area contributed by atoms with Crippen molar-refractivity contribution in [3.05, 3.63) is 0 Å². The van der Waals surface area contributed by atoms with Crippen molar-refractivity contribution < 1.29 is 4.79 Å². The summed E-state index contributed by atoms with van der Waals surface area (Å²) in [6.07, 6.45) is 0. The smallest absolute Gasteiger partial charge is 0.312 e. The minimum atomic E-state index is -0.491. The molecule has 0 aromatic carbocycles. The molecule has 0 radical (unpaired) electrons. The summed E-state index contributed by atoms with van der Waals surface area (Å²) in [7, 11) is 0. The van der Waals surface area contributed by atoms with Gasteiger partial charge in [0, 0.05) is 26.2 Å². The van der Waals surface area contributed by atoms with Crippen molar-refractivity contribution in [3.63, 3.8) is 0 Å². The SMILES string of the molecule is NCCNCCNC(N)=O. The molecule has 10 heavy (non-hydrogen) atoms. The molecule has 5 nitrogen and oxygen atoms in total. The maximum absolute atomic E-state index is 10.1. The Labute approximate surface area is 60.1 Å². The molecule has 0 rings (SSSR count). The highest BCUT2D eigenvalue weighted by atomic mass is 16.2. The van der Waals surface area contributed by atoms with Crippen molar-refractivity contribution >= 4 is 6.03 Å². The van der Waals surface area contributed by atoms with E-state index in [0.29, 0.717) is 19.6 Å². The first-order valence-corrected chi connectivity index (χ1v) is 3.21. The molecule has 0 aliphatic carbocycles. The predicted octanol–water partition coefficient (Wildman–Crippen LogP) is -1.80. The second-order valence-electron chi connectivity index (χ2n) is 1.83. The van der Waals surface area contributed by atoms with Crippen molar-refractivity contribution in [2.75, 3.05) is 26.2 Å². The summed E-state index contributed by atoms with van der Waals surface area (Å²) in [6.45, 7) is 2.63. The molecule has 0 saturated heterocycles. The maximum Gasteiger partial charge on any atom is 0.312 e. The Hall–Kier alpha value is -0.810. The van der Waals surface area contributed by atoms with Gasteiger partial charge in [-0.1, -0.05) is 0 Å². The van der Waals surface area contributed by atoms with Crippen LogP contribution in [0.3, 0.4) is 0 Å². The molecular formula is C5H14N4O. The van der Waals surface area contributed by atoms with Gasteiger partial charge in [0.05, 0.1) is 0 Å². The van der Waals surface area contributed by atoms with E-state index in [-0.39, 0.29) is 0 Å². The Bertz CT molecular complexity index is 95.6. The fraction of sp³-hybridized carbons (Fsp3) is 0.800. The Morgan fingerprint density at radius 1 is 1.30 bits per heavy atom. The molecule has 6 N–H and O–H groups in total. The van der Waals surface area contributed by atoms with Gasteiger partial charge in [0.2, 0.25) is 0 Å². The molecule has 0 heterocycles. The van der Waals surface area contributed by atoms with Crippen molar-refractivity contribution in [1.29, 1.82) is 0 Å². The second-order valence-corrected chi connectivity index (χ2v) is 1.83. The second kappa shape index (κ2) is 6.31. The van der Waals surface area contributed by atoms with E-state index in [1.165, 1.54) is 0 Å². The van der Waals surface area contributed by atoms with Crippen LogP contribution in [0.5, 0.6) is 0 Å². The quantitative estimate of drug-likeness (QED) is 0.345. The van der Waals surface area contributed by atoms with Crippen LogP contribution < -0.4 is 22.1 Å². The first-order chi connectivity index (χ1) is 4.77. The third kappa shape index (κ3) is 7.19. The molecule has 2 amide bonds. The van der Waals surface area contributed by atoms with E-state index in [2.05, 4.69) is 10.6 Å². The van der Waals surface area contributed by atoms with Gasteiger partial charge in [-0.15, -0.1) is 0 Å². The van der Waals surface area contributed by atoms with Gasteiger partial charge in [-0.3, -0.25) is 0 Å². The summed E-state index contributed by atoms with van der Waals surface area (Å²) >= 11 is 0. The van der Waals surface area contributed by atoms with Gasteiger partial charge in [-0.05, 0) is 0 Å². The number of carbonyl (C=O) groups excluding carboxylic acids is 1. The van der Waals surface area contributed by atoms with Crippen LogP contribution in [-0.2, 0) is 0 Å². The highest BCUT2D eigenvalue weighted by Crippen LogP contribution is 1.57. The highest BCUT2D eigenvalue weighted by Gasteiger charge is 1.88. The highest BCUT2D eigenvalue weighted by molar-refractivity contribution is 5.71. The Balaban J connectivity index is 2.84. The fourth-order valence-corrected chi connectivity index (χ4v) is 0.501. The van der Waals surface area contributed by atoms with Crippen LogP contribution >= 0.6 is 0 Å². The lowest BCUT2D eigenvalue weighted by Gasteiger charge is -2.01. The minimum absolute atomic E-state index is 0.491. The molecule has 0 bridgehead atoms. The van der Waals surface area contributed by atoms with E-state index >= 15 is 0 Å². The number of nitrogens with one attached hydrogen (secondary N) is 2. The summed E-state index contributed by atoms with van der Waals surface area (Å²) < 4.78 is 0. The molecule has 0 aliphatic heterocycles. The zero-order chi connectivity index (χ0) is 7.82. The topological polar surface area (TPSA) is 93.2 Å². The van der Waals surface area contributed by atoms with Crippen molar-refractivity contribution in [2.24, 2.45) is 11.5 Å². The van der Waals surface area contributed by atoms with Crippen molar-refractivity contribution in [1.82, 2.24) is 10.6 Å². The van der Waals surface area contributed by atoms with E-state index in [0.717, 1.165) is 6.54 Å². The van der Waals surface area contributed by atoms with Crippen molar-refractivity contribution in [2.45, 2.75) is 0 Å². The van der Waals surface area contributed by atoms with Crippen molar-refractivity contribution in [3.8, 4) is 0 Å². The summed E-state index contributed by atoms with van der Waals surface area (Å²) in [5, 5.41) is 5.44. The zero-order valence-electron chi connectivity index (χ0n) is 5.89. The molecule has 5 heteroatoms. The lowest BCUT2D eigenvalue weighted by Crippen LogP contribution is -2.36. The Morgan fingerprint density at radius 2 is 2.00 bits per heavy atom. The van der Waals surface area contributed by atoms with Gasteiger partial charge in [0.25, 0.3) is 0 Å². The largest absolute Gasteiger partial charge is 0.352 e. The zero-order valence-corrected chi connectivity index (χ0v) is 5.89. The lowest BCUT2D eigenvalue weighted by molar-refractivity contribution is 0.249. The summed E-state index contributed by atoms with van der Waals surface area (Å²) in [5.74, 6) is 0. The molecule has 0 spiro atoms. The van der Waals surface area contributed by atoms with Crippen LogP contribution in [0.15, 0.2) is 0 Å². The lowest BCUT2D eigenvalue weighted by atomic mass is 10.5. The number of nitrogens with two attached hydrogens (primary N) is 2. The summed E-state index contributed by atoms with van der Waals surface area (Å²) in [5.41, 5.74) is 10.0. The first kappa shape index (κ1) is 9.19. The molecule has 0 atom stereocenters. The van der Waals surface area contributed by atoms with E-state index in [1.54, 1.807) is 0 Å². The average molecular weight is 146 g/mol. The third-order valence-electron chi connectivity index (χ3n) is 0.922. The Kier molecular flexibility index (Phi) is 5.80.